The van der Waals surface area contributed by atoms with Gasteiger partial charge >= 0.3 is 0 Å². The highest BCUT2D eigenvalue weighted by Crippen LogP contribution is 2.17. The lowest BCUT2D eigenvalue weighted by molar-refractivity contribution is -0.132. The fourth-order valence-corrected chi connectivity index (χ4v) is 3.26. The van der Waals surface area contributed by atoms with Crippen molar-refractivity contribution in [3.63, 3.8) is 0 Å². The number of amides is 2. The Bertz CT molecular complexity index is 576. The topological polar surface area (TPSA) is 63.0 Å². The van der Waals surface area contributed by atoms with Gasteiger partial charge in [-0.05, 0) is 45.6 Å². The first-order chi connectivity index (χ1) is 12.0. The number of hydrogen-bond acceptors (Lipinski definition) is 4. The van der Waals surface area contributed by atoms with E-state index in [1.807, 2.05) is 11.8 Å². The summed E-state index contributed by atoms with van der Waals surface area (Å²) in [6, 6.07) is 1.77. The van der Waals surface area contributed by atoms with Crippen molar-refractivity contribution in [2.45, 2.75) is 46.0 Å². The average molecular weight is 350 g/mol. The molecule has 0 radical (unpaired) electrons. The molecule has 0 aliphatic carbocycles. The molecule has 0 aromatic carbocycles. The van der Waals surface area contributed by atoms with Gasteiger partial charge in [0.1, 0.15) is 11.5 Å². The number of aryl methyl sites for hydroxylation is 2. The molecule has 0 unspecified atom stereocenters. The van der Waals surface area contributed by atoms with Gasteiger partial charge in [-0.3, -0.25) is 9.59 Å². The Morgan fingerprint density at radius 1 is 1.20 bits per heavy atom. The monoisotopic (exact) mass is 350 g/mol. The molecule has 0 spiro atoms. The summed E-state index contributed by atoms with van der Waals surface area (Å²) in [5, 5.41) is 0. The van der Waals surface area contributed by atoms with E-state index in [0.29, 0.717) is 37.4 Å². The molecule has 1 aliphatic rings. The zero-order valence-corrected chi connectivity index (χ0v) is 15.7. The molecule has 1 aliphatic heterocycles. The molecular formula is C19H30N2O4. The maximum atomic E-state index is 12.9. The lowest BCUT2D eigenvalue weighted by Crippen LogP contribution is -2.39. The number of ether oxygens (including phenoxy) is 1. The van der Waals surface area contributed by atoms with Crippen LogP contribution in [-0.4, -0.2) is 61.5 Å². The van der Waals surface area contributed by atoms with E-state index in [9.17, 15) is 9.59 Å². The molecule has 0 atom stereocenters. The summed E-state index contributed by atoms with van der Waals surface area (Å²) in [5.41, 5.74) is 0.584. The van der Waals surface area contributed by atoms with E-state index in [0.717, 1.165) is 38.1 Å². The fourth-order valence-electron chi connectivity index (χ4n) is 3.26. The molecule has 0 bridgehead atoms. The van der Waals surface area contributed by atoms with Gasteiger partial charge in [0.15, 0.2) is 0 Å². The Morgan fingerprint density at radius 3 is 2.52 bits per heavy atom. The third-order valence-electron chi connectivity index (χ3n) is 4.64. The Morgan fingerprint density at radius 2 is 1.92 bits per heavy atom. The van der Waals surface area contributed by atoms with Crippen molar-refractivity contribution in [1.29, 1.82) is 0 Å². The summed E-state index contributed by atoms with van der Waals surface area (Å²) in [7, 11) is 1.65. The minimum atomic E-state index is -0.0723. The third-order valence-corrected chi connectivity index (χ3v) is 4.64. The van der Waals surface area contributed by atoms with Crippen LogP contribution in [0.5, 0.6) is 0 Å². The van der Waals surface area contributed by atoms with E-state index < -0.39 is 0 Å². The van der Waals surface area contributed by atoms with E-state index in [2.05, 4.69) is 0 Å². The fraction of sp³-hybridized carbons (Fsp3) is 0.684. The summed E-state index contributed by atoms with van der Waals surface area (Å²) in [5.74, 6) is 1.42. The van der Waals surface area contributed by atoms with E-state index >= 15 is 0 Å². The number of methoxy groups -OCH3 is 1. The zero-order valence-electron chi connectivity index (χ0n) is 15.7. The van der Waals surface area contributed by atoms with Gasteiger partial charge in [-0.2, -0.15) is 0 Å². The highest BCUT2D eigenvalue weighted by Gasteiger charge is 2.23. The first-order valence-corrected chi connectivity index (χ1v) is 9.16. The maximum absolute atomic E-state index is 12.9. The second kappa shape index (κ2) is 9.61. The normalized spacial score (nSPS) is 14.6. The summed E-state index contributed by atoms with van der Waals surface area (Å²) in [4.78, 5) is 28.9. The number of carbonyl (C=O) groups is 2. The van der Waals surface area contributed by atoms with E-state index in [1.165, 1.54) is 6.42 Å². The van der Waals surface area contributed by atoms with Gasteiger partial charge in [0.05, 0.1) is 5.56 Å². The van der Waals surface area contributed by atoms with Gasteiger partial charge in [-0.1, -0.05) is 0 Å². The molecule has 140 valence electrons. The van der Waals surface area contributed by atoms with Gasteiger partial charge in [-0.15, -0.1) is 0 Å². The number of carbonyl (C=O) groups excluding carboxylic acids is 2. The molecular weight excluding hydrogens is 320 g/mol. The first kappa shape index (κ1) is 19.5. The predicted molar refractivity (Wildman–Crippen MR) is 95.6 cm³/mol. The molecule has 6 heteroatoms. The van der Waals surface area contributed by atoms with Crippen molar-refractivity contribution in [3.05, 3.63) is 23.2 Å². The number of hydrogen-bond donors (Lipinski definition) is 0. The van der Waals surface area contributed by atoms with Gasteiger partial charge in [0, 0.05) is 46.3 Å². The summed E-state index contributed by atoms with van der Waals surface area (Å²) in [6.07, 6.45) is 4.47. The summed E-state index contributed by atoms with van der Waals surface area (Å²) < 4.78 is 10.6. The van der Waals surface area contributed by atoms with Crippen molar-refractivity contribution < 1.29 is 18.7 Å². The number of likely N-dealkylation sites (tertiary alicyclic amines) is 1. The van der Waals surface area contributed by atoms with Crippen LogP contribution in [0, 0.1) is 13.8 Å². The number of rotatable bonds is 8. The van der Waals surface area contributed by atoms with Crippen molar-refractivity contribution in [1.82, 2.24) is 9.80 Å². The average Bonchev–Trinajstić information content (AvgIpc) is 2.96. The van der Waals surface area contributed by atoms with Crippen LogP contribution in [0.3, 0.4) is 0 Å². The quantitative estimate of drug-likeness (QED) is 0.676. The second-order valence-electron chi connectivity index (χ2n) is 6.66. The minimum absolute atomic E-state index is 0.0723. The summed E-state index contributed by atoms with van der Waals surface area (Å²) >= 11 is 0. The smallest absolute Gasteiger partial charge is 0.257 e. The number of nitrogens with zero attached hydrogens (tertiary/aromatic N) is 2. The van der Waals surface area contributed by atoms with Gasteiger partial charge in [0.25, 0.3) is 5.91 Å². The van der Waals surface area contributed by atoms with Crippen molar-refractivity contribution in [3.8, 4) is 0 Å². The molecule has 25 heavy (non-hydrogen) atoms. The molecule has 2 heterocycles. The molecule has 0 saturated carbocycles. The molecule has 2 rings (SSSR count). The number of furan rings is 1. The van der Waals surface area contributed by atoms with Gasteiger partial charge in [-0.25, -0.2) is 0 Å². The molecule has 1 fully saturated rings. The molecule has 1 aromatic rings. The maximum Gasteiger partial charge on any atom is 0.257 e. The van der Waals surface area contributed by atoms with E-state index in [1.54, 1.807) is 25.0 Å². The minimum Gasteiger partial charge on any atom is -0.466 e. The summed E-state index contributed by atoms with van der Waals surface area (Å²) in [6.45, 7) is 6.91. The SMILES string of the molecule is COCCCN(CCC(=O)N1CCCCC1)C(=O)c1cc(C)oc1C. The number of piperidine rings is 1. The largest absolute Gasteiger partial charge is 0.466 e. The van der Waals surface area contributed by atoms with Crippen LogP contribution in [0.4, 0.5) is 0 Å². The molecule has 2 amide bonds. The van der Waals surface area contributed by atoms with Crippen LogP contribution in [0.2, 0.25) is 0 Å². The van der Waals surface area contributed by atoms with Crippen LogP contribution in [0.25, 0.3) is 0 Å². The lowest BCUT2D eigenvalue weighted by atomic mass is 10.1. The van der Waals surface area contributed by atoms with Crippen LogP contribution < -0.4 is 0 Å². The van der Waals surface area contributed by atoms with E-state index in [4.69, 9.17) is 9.15 Å². The Hall–Kier alpha value is -1.82. The van der Waals surface area contributed by atoms with Crippen LogP contribution in [0.15, 0.2) is 10.5 Å². The van der Waals surface area contributed by atoms with Crippen LogP contribution in [0.1, 0.15) is 54.0 Å². The molecule has 6 nitrogen and oxygen atoms in total. The molecule has 0 N–H and O–H groups in total. The first-order valence-electron chi connectivity index (χ1n) is 9.16. The predicted octanol–water partition coefficient (Wildman–Crippen LogP) is 2.78. The Balaban J connectivity index is 1.98. The second-order valence-corrected chi connectivity index (χ2v) is 6.66. The van der Waals surface area contributed by atoms with Crippen LogP contribution in [-0.2, 0) is 9.53 Å². The third kappa shape index (κ3) is 5.59. The van der Waals surface area contributed by atoms with Crippen molar-refractivity contribution in [2.24, 2.45) is 0 Å². The lowest BCUT2D eigenvalue weighted by Gasteiger charge is -2.28. The highest BCUT2D eigenvalue weighted by molar-refractivity contribution is 5.95. The highest BCUT2D eigenvalue weighted by atomic mass is 16.5. The van der Waals surface area contributed by atoms with Crippen molar-refractivity contribution >= 4 is 11.8 Å². The standard InChI is InChI=1S/C19H30N2O4/c1-15-14-17(16(2)25-15)19(23)21(11-7-13-24-3)12-8-18(22)20-9-5-4-6-10-20/h14H,4-13H2,1-3H3. The van der Waals surface area contributed by atoms with Crippen LogP contribution >= 0.6 is 0 Å². The zero-order chi connectivity index (χ0) is 18.2. The van der Waals surface area contributed by atoms with Gasteiger partial charge < -0.3 is 19.0 Å². The van der Waals surface area contributed by atoms with E-state index in [-0.39, 0.29) is 11.8 Å². The van der Waals surface area contributed by atoms with Gasteiger partial charge in [0.2, 0.25) is 5.91 Å². The van der Waals surface area contributed by atoms with Crippen molar-refractivity contribution in [2.75, 3.05) is 39.9 Å². The Labute approximate surface area is 150 Å². The Kier molecular flexibility index (Phi) is 7.50. The molecule has 1 saturated heterocycles. The molecule has 1 aromatic heterocycles.